The monoisotopic (exact) mass is 555 g/mol. The first-order valence-corrected chi connectivity index (χ1v) is 14.6. The number of likely N-dealkylation sites (tertiary alicyclic amines) is 1. The van der Waals surface area contributed by atoms with Crippen LogP contribution in [0, 0.1) is 0 Å². The van der Waals surface area contributed by atoms with Crippen molar-refractivity contribution in [1.29, 1.82) is 0 Å². The maximum Gasteiger partial charge on any atom is 0.437 e. The average molecular weight is 556 g/mol. The van der Waals surface area contributed by atoms with Gasteiger partial charge in [0.05, 0.1) is 5.92 Å². The molecule has 1 unspecified atom stereocenters. The molecule has 1 aromatic carbocycles. The van der Waals surface area contributed by atoms with Gasteiger partial charge in [-0.1, -0.05) is 81.3 Å². The number of carbonyl (C=O) groups is 2. The number of ether oxygens (including phenoxy) is 1. The third kappa shape index (κ3) is 10.6. The second-order valence-corrected chi connectivity index (χ2v) is 11.5. The normalized spacial score (nSPS) is 16.1. The lowest BCUT2D eigenvalue weighted by atomic mass is 9.98. The maximum absolute atomic E-state index is 12.3. The van der Waals surface area contributed by atoms with Crippen molar-refractivity contribution in [3.8, 4) is 11.4 Å². The standard InChI is InChI=1S/C30H45N5O5/c1-5-6-7-8-9-10-11-12-14-22-16-18-23(19-17-22)25-31-26(40-34-25)24-15-13-20-35(21-24)27(32-28(36)37)33-29(38)39-30(2,3)4/h16-19,24H,5-15,20-21H2,1-4H3,(H,36,37)(H,32,33,38). The number of hydrogen-bond acceptors (Lipinski definition) is 6. The quantitative estimate of drug-likeness (QED) is 0.170. The van der Waals surface area contributed by atoms with E-state index in [1.165, 1.54) is 56.9 Å². The average Bonchev–Trinajstić information content (AvgIpc) is 3.39. The van der Waals surface area contributed by atoms with E-state index < -0.39 is 17.8 Å². The second kappa shape index (κ2) is 15.4. The largest absolute Gasteiger partial charge is 0.465 e. The molecule has 1 fully saturated rings. The van der Waals surface area contributed by atoms with Crippen molar-refractivity contribution in [1.82, 2.24) is 20.4 Å². The molecule has 10 heteroatoms. The number of nitrogens with zero attached hydrogens (tertiary/aromatic N) is 4. The molecular formula is C30H45N5O5. The molecule has 3 rings (SSSR count). The highest BCUT2D eigenvalue weighted by molar-refractivity contribution is 5.98. The van der Waals surface area contributed by atoms with E-state index in [0.29, 0.717) is 24.8 Å². The van der Waals surface area contributed by atoms with Crippen molar-refractivity contribution in [3.63, 3.8) is 0 Å². The number of aliphatic imine (C=N–C) groups is 1. The minimum absolute atomic E-state index is 0.0710. The Morgan fingerprint density at radius 1 is 1.10 bits per heavy atom. The molecule has 0 saturated carbocycles. The molecule has 2 heterocycles. The molecule has 1 aromatic heterocycles. The third-order valence-electron chi connectivity index (χ3n) is 6.85. The van der Waals surface area contributed by atoms with Crippen LogP contribution in [0.4, 0.5) is 9.59 Å². The van der Waals surface area contributed by atoms with Crippen LogP contribution in [-0.4, -0.2) is 57.0 Å². The summed E-state index contributed by atoms with van der Waals surface area (Å²) in [5.74, 6) is 0.806. The molecule has 1 aliphatic rings. The molecule has 1 saturated heterocycles. The lowest BCUT2D eigenvalue weighted by Crippen LogP contribution is -2.48. The number of guanidine groups is 1. The summed E-state index contributed by atoms with van der Waals surface area (Å²) in [4.78, 5) is 33.9. The molecular weight excluding hydrogens is 510 g/mol. The molecule has 2 aromatic rings. The number of rotatable bonds is 11. The van der Waals surface area contributed by atoms with Crippen LogP contribution in [-0.2, 0) is 11.2 Å². The van der Waals surface area contributed by atoms with Crippen molar-refractivity contribution in [2.75, 3.05) is 13.1 Å². The zero-order chi connectivity index (χ0) is 29.0. The molecule has 10 nitrogen and oxygen atoms in total. The van der Waals surface area contributed by atoms with Crippen molar-refractivity contribution in [2.24, 2.45) is 4.99 Å². The van der Waals surface area contributed by atoms with Gasteiger partial charge < -0.3 is 19.3 Å². The van der Waals surface area contributed by atoms with E-state index in [4.69, 9.17) is 9.26 Å². The van der Waals surface area contributed by atoms with Gasteiger partial charge in [0.25, 0.3) is 0 Å². The summed E-state index contributed by atoms with van der Waals surface area (Å²) in [5, 5.41) is 15.7. The smallest absolute Gasteiger partial charge is 0.437 e. The fourth-order valence-electron chi connectivity index (χ4n) is 4.82. The van der Waals surface area contributed by atoms with E-state index in [2.05, 4.69) is 39.5 Å². The molecule has 1 aliphatic heterocycles. The number of nitrogens with one attached hydrogen (secondary N) is 1. The highest BCUT2D eigenvalue weighted by atomic mass is 16.6. The predicted molar refractivity (Wildman–Crippen MR) is 154 cm³/mol. The fraction of sp³-hybridized carbons (Fsp3) is 0.633. The molecule has 1 atom stereocenters. The van der Waals surface area contributed by atoms with Crippen molar-refractivity contribution < 1.29 is 24.0 Å². The Kier molecular flexibility index (Phi) is 12.0. The van der Waals surface area contributed by atoms with Crippen molar-refractivity contribution in [2.45, 2.75) is 110 Å². The maximum atomic E-state index is 12.3. The van der Waals surface area contributed by atoms with E-state index in [1.54, 1.807) is 25.7 Å². The van der Waals surface area contributed by atoms with E-state index in [0.717, 1.165) is 24.8 Å². The predicted octanol–water partition coefficient (Wildman–Crippen LogP) is 7.16. The summed E-state index contributed by atoms with van der Waals surface area (Å²) >= 11 is 0. The summed E-state index contributed by atoms with van der Waals surface area (Å²) < 4.78 is 10.9. The van der Waals surface area contributed by atoms with E-state index in [9.17, 15) is 14.7 Å². The van der Waals surface area contributed by atoms with Crippen LogP contribution in [0.25, 0.3) is 11.4 Å². The van der Waals surface area contributed by atoms with E-state index >= 15 is 0 Å². The number of aromatic nitrogens is 2. The summed E-state index contributed by atoms with van der Waals surface area (Å²) in [6, 6.07) is 8.33. The first-order valence-electron chi connectivity index (χ1n) is 14.6. The Bertz CT molecular complexity index is 1110. The molecule has 0 radical (unpaired) electrons. The highest BCUT2D eigenvalue weighted by Gasteiger charge is 2.29. The van der Waals surface area contributed by atoms with Gasteiger partial charge >= 0.3 is 12.2 Å². The fourth-order valence-corrected chi connectivity index (χ4v) is 4.82. The van der Waals surface area contributed by atoms with Crippen LogP contribution in [0.5, 0.6) is 0 Å². The number of carbonyl (C=O) groups excluding carboxylic acids is 1. The number of hydrogen-bond donors (Lipinski definition) is 2. The van der Waals surface area contributed by atoms with Gasteiger partial charge in [-0.25, -0.2) is 9.59 Å². The van der Waals surface area contributed by atoms with Gasteiger partial charge in [0.15, 0.2) is 0 Å². The third-order valence-corrected chi connectivity index (χ3v) is 6.85. The summed E-state index contributed by atoms with van der Waals surface area (Å²) in [7, 11) is 0. The minimum atomic E-state index is -1.31. The Morgan fingerprint density at radius 2 is 1.77 bits per heavy atom. The number of amides is 2. The minimum Gasteiger partial charge on any atom is -0.465 e. The lowest BCUT2D eigenvalue weighted by molar-refractivity contribution is 0.0600. The van der Waals surface area contributed by atoms with Crippen LogP contribution in [0.3, 0.4) is 0 Å². The van der Waals surface area contributed by atoms with Gasteiger partial charge in [0.2, 0.25) is 17.7 Å². The van der Waals surface area contributed by atoms with Crippen LogP contribution < -0.4 is 5.32 Å². The number of benzene rings is 1. The van der Waals surface area contributed by atoms with Crippen LogP contribution in [0.1, 0.15) is 109 Å². The van der Waals surface area contributed by atoms with Gasteiger partial charge in [-0.3, -0.25) is 5.32 Å². The van der Waals surface area contributed by atoms with Gasteiger partial charge in [0, 0.05) is 18.7 Å². The number of piperidine rings is 1. The number of carboxylic acid groups (broad SMARTS) is 1. The molecule has 0 spiro atoms. The number of aryl methyl sites for hydroxylation is 1. The van der Waals surface area contributed by atoms with Crippen LogP contribution >= 0.6 is 0 Å². The summed E-state index contributed by atoms with van der Waals surface area (Å²) in [5.41, 5.74) is 1.46. The van der Waals surface area contributed by atoms with Gasteiger partial charge in [-0.2, -0.15) is 4.98 Å². The molecule has 220 valence electrons. The summed E-state index contributed by atoms with van der Waals surface area (Å²) in [6.07, 6.45) is 10.9. The van der Waals surface area contributed by atoms with E-state index in [-0.39, 0.29) is 11.9 Å². The molecule has 2 N–H and O–H groups in total. The summed E-state index contributed by atoms with van der Waals surface area (Å²) in [6.45, 7) is 8.32. The van der Waals surface area contributed by atoms with Gasteiger partial charge in [0.1, 0.15) is 5.60 Å². The van der Waals surface area contributed by atoms with E-state index in [1.807, 2.05) is 12.1 Å². The highest BCUT2D eigenvalue weighted by Crippen LogP contribution is 2.28. The zero-order valence-corrected chi connectivity index (χ0v) is 24.4. The van der Waals surface area contributed by atoms with Crippen molar-refractivity contribution >= 4 is 18.1 Å². The van der Waals surface area contributed by atoms with Crippen molar-refractivity contribution in [3.05, 3.63) is 35.7 Å². The topological polar surface area (TPSA) is 130 Å². The van der Waals surface area contributed by atoms with Crippen LogP contribution in [0.2, 0.25) is 0 Å². The first kappa shape index (κ1) is 31.1. The van der Waals surface area contributed by atoms with Gasteiger partial charge in [-0.15, -0.1) is 4.99 Å². The van der Waals surface area contributed by atoms with Crippen LogP contribution in [0.15, 0.2) is 33.8 Å². The molecule has 0 bridgehead atoms. The second-order valence-electron chi connectivity index (χ2n) is 11.5. The number of unbranched alkanes of at least 4 members (excludes halogenated alkanes) is 7. The molecule has 0 aliphatic carbocycles. The Hall–Kier alpha value is -3.43. The SMILES string of the molecule is CCCCCCCCCCc1ccc(-c2noc(C3CCCN(C(=NC(=O)OC(C)(C)C)NC(=O)O)C3)n2)cc1. The lowest BCUT2D eigenvalue weighted by Gasteiger charge is -2.32. The zero-order valence-electron chi connectivity index (χ0n) is 24.4. The molecule has 2 amide bonds. The molecule has 40 heavy (non-hydrogen) atoms. The first-order chi connectivity index (χ1) is 19.1. The Balaban J connectivity index is 1.56. The Labute approximate surface area is 237 Å². The van der Waals surface area contributed by atoms with Gasteiger partial charge in [-0.05, 0) is 52.0 Å². The Morgan fingerprint density at radius 3 is 2.42 bits per heavy atom.